The topological polar surface area (TPSA) is 105 Å². The van der Waals surface area contributed by atoms with Gasteiger partial charge in [0.05, 0.1) is 6.26 Å². The van der Waals surface area contributed by atoms with Crippen LogP contribution in [0.2, 0.25) is 0 Å². The maximum atomic E-state index is 12.5. The van der Waals surface area contributed by atoms with Crippen LogP contribution in [0, 0.1) is 0 Å². The Morgan fingerprint density at radius 1 is 1.57 bits per heavy atom. The molecule has 9 heteroatoms. The summed E-state index contributed by atoms with van der Waals surface area (Å²) in [4.78, 5) is 18.4. The van der Waals surface area contributed by atoms with Gasteiger partial charge in [0.15, 0.2) is 0 Å². The molecule has 3 N–H and O–H groups in total. The summed E-state index contributed by atoms with van der Waals surface area (Å²) in [5.41, 5.74) is 5.91. The highest BCUT2D eigenvalue weighted by molar-refractivity contribution is 7.88. The number of aromatic nitrogens is 1. The number of hydrogen-bond donors (Lipinski definition) is 2. The van der Waals surface area contributed by atoms with Crippen molar-refractivity contribution in [2.75, 3.05) is 19.3 Å². The molecule has 0 saturated carbocycles. The zero-order chi connectivity index (χ0) is 15.5. The van der Waals surface area contributed by atoms with E-state index in [1.54, 1.807) is 10.3 Å². The van der Waals surface area contributed by atoms with Gasteiger partial charge in [-0.2, -0.15) is 0 Å². The molecule has 7 nitrogen and oxygen atoms in total. The monoisotopic (exact) mass is 332 g/mol. The van der Waals surface area contributed by atoms with Crippen molar-refractivity contribution in [3.63, 3.8) is 0 Å². The van der Waals surface area contributed by atoms with Crippen LogP contribution in [0.3, 0.4) is 0 Å². The zero-order valence-electron chi connectivity index (χ0n) is 11.9. The standard InChI is InChI=1S/C12H20N4O3S2/c1-21(18,19)14-7-9-4-2-3-5-16(9)12(17)10-8-20-11(6-13)15-10/h8-9,14H,2-7,13H2,1H3. The van der Waals surface area contributed by atoms with Crippen molar-refractivity contribution in [3.8, 4) is 0 Å². The molecule has 21 heavy (non-hydrogen) atoms. The molecule has 1 atom stereocenters. The SMILES string of the molecule is CS(=O)(=O)NCC1CCCCN1C(=O)c1csc(CN)n1. The fourth-order valence-corrected chi connectivity index (χ4v) is 3.52. The van der Waals surface area contributed by atoms with Crippen LogP contribution in [0.5, 0.6) is 0 Å². The smallest absolute Gasteiger partial charge is 0.273 e. The molecular weight excluding hydrogens is 312 g/mol. The van der Waals surface area contributed by atoms with Gasteiger partial charge in [0, 0.05) is 31.1 Å². The predicted octanol–water partition coefficient (Wildman–Crippen LogP) is 0.146. The average Bonchev–Trinajstić information content (AvgIpc) is 2.93. The number of carbonyl (C=O) groups excluding carboxylic acids is 1. The fraction of sp³-hybridized carbons (Fsp3) is 0.667. The summed E-state index contributed by atoms with van der Waals surface area (Å²) in [5.74, 6) is -0.147. The summed E-state index contributed by atoms with van der Waals surface area (Å²) in [5, 5.41) is 2.43. The maximum absolute atomic E-state index is 12.5. The van der Waals surface area contributed by atoms with Crippen molar-refractivity contribution < 1.29 is 13.2 Å². The largest absolute Gasteiger partial charge is 0.333 e. The molecule has 1 amide bonds. The highest BCUT2D eigenvalue weighted by Crippen LogP contribution is 2.20. The van der Waals surface area contributed by atoms with E-state index in [1.165, 1.54) is 11.3 Å². The third-order valence-electron chi connectivity index (χ3n) is 3.41. The number of rotatable bonds is 5. The molecule has 1 aromatic rings. The first-order valence-electron chi connectivity index (χ1n) is 6.81. The quantitative estimate of drug-likeness (QED) is 0.798. The molecule has 1 fully saturated rings. The van der Waals surface area contributed by atoms with Gasteiger partial charge in [-0.3, -0.25) is 4.79 Å². The average molecular weight is 332 g/mol. The summed E-state index contributed by atoms with van der Waals surface area (Å²) in [6.07, 6.45) is 3.83. The van der Waals surface area contributed by atoms with Crippen LogP contribution >= 0.6 is 11.3 Å². The lowest BCUT2D eigenvalue weighted by Crippen LogP contribution is -2.49. The molecule has 0 aromatic carbocycles. The van der Waals surface area contributed by atoms with Crippen LogP contribution in [-0.4, -0.2) is 49.6 Å². The number of nitrogens with zero attached hydrogens (tertiary/aromatic N) is 2. The van der Waals surface area contributed by atoms with Gasteiger partial charge in [0.25, 0.3) is 5.91 Å². The van der Waals surface area contributed by atoms with Crippen LogP contribution in [0.25, 0.3) is 0 Å². The van der Waals surface area contributed by atoms with Gasteiger partial charge in [-0.25, -0.2) is 18.1 Å². The summed E-state index contributed by atoms with van der Waals surface area (Å²) in [7, 11) is -3.26. The number of nitrogens with one attached hydrogen (secondary N) is 1. The Labute approximate surface area is 128 Å². The number of amides is 1. The van der Waals surface area contributed by atoms with E-state index in [0.29, 0.717) is 18.8 Å². The molecule has 0 radical (unpaired) electrons. The first-order chi connectivity index (χ1) is 9.90. The highest BCUT2D eigenvalue weighted by Gasteiger charge is 2.29. The highest BCUT2D eigenvalue weighted by atomic mass is 32.2. The molecule has 1 aromatic heterocycles. The van der Waals surface area contributed by atoms with Gasteiger partial charge in [0.1, 0.15) is 10.7 Å². The van der Waals surface area contributed by atoms with Crippen molar-refractivity contribution >= 4 is 27.3 Å². The second-order valence-electron chi connectivity index (χ2n) is 5.10. The lowest BCUT2D eigenvalue weighted by molar-refractivity contribution is 0.0613. The number of carbonyl (C=O) groups is 1. The van der Waals surface area contributed by atoms with Crippen molar-refractivity contribution in [1.29, 1.82) is 0 Å². The van der Waals surface area contributed by atoms with Crippen molar-refractivity contribution in [2.24, 2.45) is 5.73 Å². The van der Waals surface area contributed by atoms with Gasteiger partial charge >= 0.3 is 0 Å². The van der Waals surface area contributed by atoms with E-state index < -0.39 is 10.0 Å². The minimum Gasteiger partial charge on any atom is -0.333 e. The third-order valence-corrected chi connectivity index (χ3v) is 4.98. The van der Waals surface area contributed by atoms with E-state index in [-0.39, 0.29) is 18.5 Å². The van der Waals surface area contributed by atoms with Gasteiger partial charge in [-0.05, 0) is 19.3 Å². The maximum Gasteiger partial charge on any atom is 0.273 e. The van der Waals surface area contributed by atoms with Crippen LogP contribution in [0.4, 0.5) is 0 Å². The molecular formula is C12H20N4O3S2. The summed E-state index contributed by atoms with van der Waals surface area (Å²) in [6, 6.07) is -0.121. The predicted molar refractivity (Wildman–Crippen MR) is 81.5 cm³/mol. The number of piperidine rings is 1. The van der Waals surface area contributed by atoms with E-state index in [0.717, 1.165) is 30.5 Å². The first kappa shape index (κ1) is 16.3. The van der Waals surface area contributed by atoms with Crippen LogP contribution in [-0.2, 0) is 16.6 Å². The van der Waals surface area contributed by atoms with Gasteiger partial charge < -0.3 is 10.6 Å². The number of likely N-dealkylation sites (tertiary alicyclic amines) is 1. The molecule has 0 bridgehead atoms. The Hall–Kier alpha value is -1.03. The third kappa shape index (κ3) is 4.47. The second kappa shape index (κ2) is 6.82. The van der Waals surface area contributed by atoms with Crippen molar-refractivity contribution in [3.05, 3.63) is 16.1 Å². The van der Waals surface area contributed by atoms with E-state index >= 15 is 0 Å². The summed E-state index contributed by atoms with van der Waals surface area (Å²) >= 11 is 1.37. The normalized spacial score (nSPS) is 19.7. The van der Waals surface area contributed by atoms with Crippen LogP contribution in [0.1, 0.15) is 34.8 Å². The Bertz CT molecular complexity index is 599. The minimum absolute atomic E-state index is 0.121. The zero-order valence-corrected chi connectivity index (χ0v) is 13.5. The summed E-state index contributed by atoms with van der Waals surface area (Å²) < 4.78 is 24.9. The Balaban J connectivity index is 2.08. The number of thiazole rings is 1. The molecule has 0 aliphatic carbocycles. The second-order valence-corrected chi connectivity index (χ2v) is 7.88. The molecule has 2 heterocycles. The first-order valence-corrected chi connectivity index (χ1v) is 9.58. The molecule has 1 aliphatic heterocycles. The van der Waals surface area contributed by atoms with E-state index in [4.69, 9.17) is 5.73 Å². The molecule has 118 valence electrons. The van der Waals surface area contributed by atoms with Crippen molar-refractivity contribution in [1.82, 2.24) is 14.6 Å². The van der Waals surface area contributed by atoms with E-state index in [1.807, 2.05) is 0 Å². The lowest BCUT2D eigenvalue weighted by Gasteiger charge is -2.35. The minimum atomic E-state index is -3.26. The molecule has 1 aliphatic rings. The van der Waals surface area contributed by atoms with E-state index in [9.17, 15) is 13.2 Å². The Morgan fingerprint density at radius 2 is 2.33 bits per heavy atom. The van der Waals surface area contributed by atoms with Crippen LogP contribution < -0.4 is 10.5 Å². The van der Waals surface area contributed by atoms with E-state index in [2.05, 4.69) is 9.71 Å². The number of nitrogens with two attached hydrogens (primary N) is 1. The summed E-state index contributed by atoms with van der Waals surface area (Å²) in [6.45, 7) is 1.19. The Morgan fingerprint density at radius 3 is 2.95 bits per heavy atom. The van der Waals surface area contributed by atoms with Gasteiger partial charge in [-0.1, -0.05) is 0 Å². The van der Waals surface area contributed by atoms with Crippen molar-refractivity contribution in [2.45, 2.75) is 31.8 Å². The molecule has 1 unspecified atom stereocenters. The molecule has 0 spiro atoms. The lowest BCUT2D eigenvalue weighted by atomic mass is 10.0. The Kier molecular flexibility index (Phi) is 5.31. The fourth-order valence-electron chi connectivity index (χ4n) is 2.38. The van der Waals surface area contributed by atoms with Gasteiger partial charge in [0.2, 0.25) is 10.0 Å². The van der Waals surface area contributed by atoms with Gasteiger partial charge in [-0.15, -0.1) is 11.3 Å². The number of hydrogen-bond acceptors (Lipinski definition) is 6. The number of sulfonamides is 1. The molecule has 1 saturated heterocycles. The molecule has 2 rings (SSSR count). The van der Waals surface area contributed by atoms with Crippen LogP contribution in [0.15, 0.2) is 5.38 Å².